The van der Waals surface area contributed by atoms with Crippen molar-refractivity contribution in [1.29, 1.82) is 10.5 Å². The number of ether oxygens (including phenoxy) is 2. The molecule has 2 saturated carbocycles. The van der Waals surface area contributed by atoms with Crippen LogP contribution in [-0.2, 0) is 70.8 Å². The van der Waals surface area contributed by atoms with Gasteiger partial charge in [-0.25, -0.2) is 9.97 Å². The molecule has 2 aliphatic rings. The third kappa shape index (κ3) is 34.6. The van der Waals surface area contributed by atoms with Crippen molar-refractivity contribution in [2.75, 3.05) is 24.9 Å². The second-order valence-corrected chi connectivity index (χ2v) is 42.1. The summed E-state index contributed by atoms with van der Waals surface area (Å²) in [5.41, 5.74) is 3.66. The van der Waals surface area contributed by atoms with Gasteiger partial charge in [-0.05, 0) is 192 Å². The number of hydrogen-bond acceptors (Lipinski definition) is 14. The molecule has 0 unspecified atom stereocenters. The van der Waals surface area contributed by atoms with Crippen molar-refractivity contribution in [1.82, 2.24) is 29.9 Å². The molecule has 4 heterocycles. The van der Waals surface area contributed by atoms with Gasteiger partial charge in [0.2, 0.25) is 23.7 Å². The summed E-state index contributed by atoms with van der Waals surface area (Å²) in [6.07, 6.45) is 7.02. The number of pyridine rings is 2. The van der Waals surface area contributed by atoms with Crippen LogP contribution in [0.15, 0.2) is 427 Å². The molecule has 715 valence electrons. The molecule has 0 saturated heterocycles. The average Bonchev–Trinajstić information content (AvgIpc) is 1.52. The van der Waals surface area contributed by atoms with Crippen LogP contribution in [0.1, 0.15) is 85.3 Å². The van der Waals surface area contributed by atoms with Crippen molar-refractivity contribution in [3.05, 3.63) is 476 Å². The van der Waals surface area contributed by atoms with Crippen LogP contribution in [0.2, 0.25) is 15.9 Å². The predicted molar refractivity (Wildman–Crippen MR) is 585 cm³/mol. The van der Waals surface area contributed by atoms with Crippen molar-refractivity contribution >= 4 is 238 Å². The van der Waals surface area contributed by atoms with Crippen LogP contribution >= 0.6 is 70.8 Å². The first-order valence-electron chi connectivity index (χ1n) is 45.2. The number of aromatic amines is 2. The first-order chi connectivity index (χ1) is 67.5. The van der Waals surface area contributed by atoms with Crippen molar-refractivity contribution < 1.29 is 90.3 Å². The summed E-state index contributed by atoms with van der Waals surface area (Å²) in [5.74, 6) is 1.58. The molecule has 2 fully saturated rings. The number of H-pyrrole nitrogens is 2. The fraction of sp³-hybridized carbons (Fsp3) is 0.107. The summed E-state index contributed by atoms with van der Waals surface area (Å²) in [6.45, 7) is 3.65. The molecule has 142 heavy (non-hydrogen) atoms. The van der Waals surface area contributed by atoms with Crippen LogP contribution in [0.4, 0.5) is 11.9 Å². The fourth-order valence-electron chi connectivity index (χ4n) is 14.8. The summed E-state index contributed by atoms with van der Waals surface area (Å²) in [4.78, 5) is 47.4. The average molecular weight is 2330 g/mol. The number of nitrogens with zero attached hydrogens (tertiary/aromatic N) is 6. The molecule has 4 aromatic heterocycles. The van der Waals surface area contributed by atoms with E-state index in [1.165, 1.54) is 153 Å². The Hall–Kier alpha value is -7.94. The maximum absolute atomic E-state index is 12.6. The van der Waals surface area contributed by atoms with Crippen molar-refractivity contribution in [2.45, 2.75) is 63.3 Å². The molecule has 14 aromatic carbocycles. The summed E-state index contributed by atoms with van der Waals surface area (Å²) < 4.78 is 10.9. The molecule has 0 aliphatic heterocycles. The van der Waals surface area contributed by atoms with Gasteiger partial charge < -0.3 is 40.1 Å². The Morgan fingerprint density at radius 3 is 0.831 bits per heavy atom. The van der Waals surface area contributed by atoms with Crippen molar-refractivity contribution in [3.63, 3.8) is 0 Å². The summed E-state index contributed by atoms with van der Waals surface area (Å²) in [5, 5.41) is 60.4. The zero-order chi connectivity index (χ0) is 96.9. The topological polar surface area (TPSA) is 248 Å². The summed E-state index contributed by atoms with van der Waals surface area (Å²) in [6, 6.07) is 143. The molecular weight excluding hydrogens is 2230 g/mol. The van der Waals surface area contributed by atoms with Crippen LogP contribution in [0.5, 0.6) is 11.8 Å². The Morgan fingerprint density at radius 1 is 0.394 bits per heavy atom. The minimum atomic E-state index is -1.04. The molecule has 2 atom stereocenters. The van der Waals surface area contributed by atoms with Crippen molar-refractivity contribution in [3.8, 4) is 23.9 Å². The maximum Gasteiger partial charge on any atom is 0 e. The summed E-state index contributed by atoms with van der Waals surface area (Å²) >= 11 is 18.4. The number of anilines is 2. The SMILES string of the molecule is COc1nc(N[C@@H](C)c2cc3cc(Cl)c(Br)cc3[nH]c2=O)ncc1C#N.COc1nc(N[C@@H](C)c2cc3cc(Cl)c(C4CC4)cc3[nH]c2=O)ncc1C#N.OB(O)C1CC1.[Co].[Co].[Co].[K][K].[Pd].c1ccc(P(c2ccccc2)c2ccccc2)cc1.c1ccc(P(c2ccccc2)c2ccccc2)cc1.c1ccc(P(c2ccccc2)c2ccccc2)cc1.c1ccc(P(c2ccccc2)c2ccccc2)cc1. The van der Waals surface area contributed by atoms with E-state index in [1.54, 1.807) is 18.2 Å². The zero-order valence-electron chi connectivity index (χ0n) is 78.4. The number of methoxy groups -OCH3 is 2. The molecule has 3 radical (unpaired) electrons. The van der Waals surface area contributed by atoms with E-state index in [9.17, 15) is 9.59 Å². The Morgan fingerprint density at radius 2 is 0.627 bits per heavy atom. The molecule has 16 nitrogen and oxygen atoms in total. The van der Waals surface area contributed by atoms with E-state index in [4.69, 9.17) is 53.2 Å². The molecule has 0 spiro atoms. The van der Waals surface area contributed by atoms with E-state index in [-0.39, 0.29) is 135 Å². The number of rotatable bonds is 22. The largest absolute Gasteiger partial charge is 0.0622 e. The van der Waals surface area contributed by atoms with Gasteiger partial charge >= 0.3 is 70.3 Å². The van der Waals surface area contributed by atoms with E-state index in [1.807, 2.05) is 44.2 Å². The van der Waals surface area contributed by atoms with Crippen LogP contribution < -0.4 is 94.9 Å². The Balaban J connectivity index is 0.000000187. The van der Waals surface area contributed by atoms with Gasteiger partial charge in [0.25, 0.3) is 11.1 Å². The van der Waals surface area contributed by atoms with Gasteiger partial charge in [0.1, 0.15) is 23.3 Å². The number of hydrogen-bond donors (Lipinski definition) is 6. The first-order valence-corrected chi connectivity index (χ1v) is 68.2. The van der Waals surface area contributed by atoms with Gasteiger partial charge in [0, 0.05) is 113 Å². The molecular formula is C112H98BBrCl2Co3K2N10O6P4Pd. The molecule has 0 bridgehead atoms. The van der Waals surface area contributed by atoms with Crippen LogP contribution in [0.3, 0.4) is 0 Å². The first kappa shape index (κ1) is 118. The van der Waals surface area contributed by atoms with Gasteiger partial charge in [-0.2, -0.15) is 20.5 Å². The second kappa shape index (κ2) is 62.3. The number of nitriles is 2. The van der Waals surface area contributed by atoms with Crippen molar-refractivity contribution in [2.24, 2.45) is 0 Å². The van der Waals surface area contributed by atoms with E-state index >= 15 is 0 Å². The minimum Gasteiger partial charge on any atom is -0.0622 e. The monoisotopic (exact) mass is 2320 g/mol. The number of aromatic nitrogens is 6. The van der Waals surface area contributed by atoms with E-state index < -0.39 is 38.8 Å². The van der Waals surface area contributed by atoms with Gasteiger partial charge in [-0.1, -0.05) is 400 Å². The predicted octanol–water partition coefficient (Wildman–Crippen LogP) is 20.3. The smallest absolute Gasteiger partial charge is 0 e. The summed E-state index contributed by atoms with van der Waals surface area (Å²) in [7, 11) is 0.0365. The van der Waals surface area contributed by atoms with Gasteiger partial charge in [0.15, 0.2) is 0 Å². The number of nitrogens with one attached hydrogen (secondary N) is 4. The Kier molecular flexibility index (Phi) is 51.6. The molecule has 0 amide bonds. The van der Waals surface area contributed by atoms with Crippen LogP contribution in [0.25, 0.3) is 21.8 Å². The molecule has 6 N–H and O–H groups in total. The van der Waals surface area contributed by atoms with E-state index in [0.717, 1.165) is 52.6 Å². The molecule has 2 aliphatic carbocycles. The maximum atomic E-state index is 12.6. The van der Waals surface area contributed by atoms with Gasteiger partial charge in [0.05, 0.1) is 43.7 Å². The molecule has 30 heteroatoms. The number of fused-ring (bicyclic) bond motifs is 2. The molecule has 20 rings (SSSR count). The fourth-order valence-corrected chi connectivity index (χ4v) is 24.9. The van der Waals surface area contributed by atoms with E-state index in [0.29, 0.717) is 32.1 Å². The van der Waals surface area contributed by atoms with Crippen LogP contribution in [-0.4, -0.2) is 124 Å². The van der Waals surface area contributed by atoms with E-state index in [2.05, 4.69) is 420 Å². The quantitative estimate of drug-likeness (QED) is 0.0273. The van der Waals surface area contributed by atoms with Gasteiger partial charge in [-0.3, -0.25) is 9.59 Å². The number of benzene rings is 14. The minimum absolute atomic E-state index is 0. The van der Waals surface area contributed by atoms with Gasteiger partial charge in [-0.15, -0.1) is 0 Å². The molecule has 18 aromatic rings. The Labute approximate surface area is 943 Å². The normalized spacial score (nSPS) is 11.6. The zero-order valence-corrected chi connectivity index (χ0v) is 96.0. The standard InChI is InChI=1S/C20H18ClN5O2.4C18H15P.C17H13BrClN5O2.C3H7BO2.3Co.2K.Pd/c1-10(24-20-23-9-13(8-22)19(26-20)28-2)14-5-12-6-16(21)15(11-3-4-11)7-17(12)25-18(14)27;4*1-4-10-16(11-5-1)19(17-12-6-2-7-13-17)18-14-8-3-9-15-18;1-8(22-17-21-7-10(6-20)16(24-17)26-2)11-3-9-4-13(19)12(18)5-14(9)23-15(11)25;5-4(6)3-1-2-3;;;;;;/h5-7,9-11H,3-4H2,1-2H3,(H,25,27)(H,23,24,26);4*1-15H;3-5,7-8H,1-2H3,(H,23,25)(H,21,22,24);3,5-6H,1-2H2;;;;;;/t10-;;;;;8-;;;;;;;/m0....0......./s1. The second-order valence-electron chi connectivity index (χ2n) is 31.5. The third-order valence-electron chi connectivity index (χ3n) is 21.9. The van der Waals surface area contributed by atoms with Crippen LogP contribution in [0, 0.1) is 22.7 Å². The number of halogens is 3. The third-order valence-corrected chi connectivity index (χ3v) is 33.2. The Bertz CT molecular complexity index is 6250.